The molecule has 0 amide bonds. The van der Waals surface area contributed by atoms with Crippen molar-refractivity contribution in [2.24, 2.45) is 5.41 Å². The molecule has 19 heavy (non-hydrogen) atoms. The van der Waals surface area contributed by atoms with Gasteiger partial charge in [0.25, 0.3) is 0 Å². The summed E-state index contributed by atoms with van der Waals surface area (Å²) in [7, 11) is 0. The minimum Gasteiger partial charge on any atom is -0.481 e. The quantitative estimate of drug-likeness (QED) is 0.907. The number of nitrogens with zero attached hydrogens (tertiary/aromatic N) is 2. The summed E-state index contributed by atoms with van der Waals surface area (Å²) >= 11 is 3.06. The van der Waals surface area contributed by atoms with Gasteiger partial charge in [-0.2, -0.15) is 5.26 Å². The second kappa shape index (κ2) is 4.82. The number of hydrogen-bond acceptors (Lipinski definition) is 3. The van der Waals surface area contributed by atoms with Crippen LogP contribution >= 0.6 is 15.9 Å². The maximum atomic E-state index is 14.2. The van der Waals surface area contributed by atoms with Crippen molar-refractivity contribution < 1.29 is 14.3 Å². The predicted molar refractivity (Wildman–Crippen MR) is 71.4 cm³/mol. The van der Waals surface area contributed by atoms with Crippen LogP contribution in [-0.4, -0.2) is 24.2 Å². The zero-order valence-electron chi connectivity index (χ0n) is 10.3. The van der Waals surface area contributed by atoms with Crippen LogP contribution in [0.4, 0.5) is 10.1 Å². The molecule has 1 fully saturated rings. The van der Waals surface area contributed by atoms with Crippen molar-refractivity contribution in [3.05, 3.63) is 28.0 Å². The van der Waals surface area contributed by atoms with Gasteiger partial charge >= 0.3 is 5.97 Å². The first kappa shape index (κ1) is 13.8. The Kier molecular flexibility index (Phi) is 3.50. The van der Waals surface area contributed by atoms with E-state index in [2.05, 4.69) is 15.9 Å². The molecule has 1 atom stereocenters. The number of carbonyl (C=O) groups is 1. The van der Waals surface area contributed by atoms with Gasteiger partial charge in [-0.05, 0) is 41.4 Å². The van der Waals surface area contributed by atoms with Crippen LogP contribution in [0.25, 0.3) is 0 Å². The second-order valence-corrected chi connectivity index (χ2v) is 5.70. The highest BCUT2D eigenvalue weighted by atomic mass is 79.9. The van der Waals surface area contributed by atoms with Gasteiger partial charge in [0.1, 0.15) is 6.07 Å². The molecule has 0 radical (unpaired) electrons. The second-order valence-electron chi connectivity index (χ2n) is 4.91. The first-order chi connectivity index (χ1) is 8.89. The Hall–Kier alpha value is -1.61. The van der Waals surface area contributed by atoms with E-state index in [0.717, 1.165) is 0 Å². The van der Waals surface area contributed by atoms with Crippen molar-refractivity contribution in [1.29, 1.82) is 5.26 Å². The summed E-state index contributed by atoms with van der Waals surface area (Å²) in [4.78, 5) is 12.9. The molecule has 0 spiro atoms. The molecule has 1 aliphatic heterocycles. The monoisotopic (exact) mass is 326 g/mol. The minimum atomic E-state index is -0.872. The molecule has 2 rings (SSSR count). The average Bonchev–Trinajstić information content (AvgIpc) is 2.76. The highest BCUT2D eigenvalue weighted by molar-refractivity contribution is 9.10. The lowest BCUT2D eigenvalue weighted by atomic mass is 9.90. The number of aliphatic carboxylic acids is 1. The Labute approximate surface area is 118 Å². The summed E-state index contributed by atoms with van der Waals surface area (Å²) in [5.41, 5.74) is -0.301. The molecule has 1 heterocycles. The van der Waals surface area contributed by atoms with Crippen LogP contribution in [0.1, 0.15) is 18.9 Å². The maximum absolute atomic E-state index is 14.2. The van der Waals surface area contributed by atoms with Crippen molar-refractivity contribution in [1.82, 2.24) is 0 Å². The van der Waals surface area contributed by atoms with Gasteiger partial charge < -0.3 is 10.0 Å². The smallest absolute Gasteiger partial charge is 0.311 e. The Morgan fingerprint density at radius 3 is 2.84 bits per heavy atom. The lowest BCUT2D eigenvalue weighted by Gasteiger charge is -2.22. The topological polar surface area (TPSA) is 64.3 Å². The summed E-state index contributed by atoms with van der Waals surface area (Å²) in [6.45, 7) is 2.40. The number of rotatable bonds is 2. The molecule has 100 valence electrons. The van der Waals surface area contributed by atoms with Crippen LogP contribution in [0.5, 0.6) is 0 Å². The summed E-state index contributed by atoms with van der Waals surface area (Å²) in [5.74, 6) is -1.39. The fraction of sp³-hybridized carbons (Fsp3) is 0.385. The zero-order valence-corrected chi connectivity index (χ0v) is 11.9. The van der Waals surface area contributed by atoms with E-state index in [1.807, 2.05) is 6.07 Å². The third kappa shape index (κ3) is 2.30. The first-order valence-corrected chi connectivity index (χ1v) is 6.55. The Morgan fingerprint density at radius 1 is 1.63 bits per heavy atom. The molecule has 0 aliphatic carbocycles. The SMILES string of the molecule is CC1(C(=O)O)CCN(c2ccc(C#N)c(Br)c2F)C1. The van der Waals surface area contributed by atoms with Crippen molar-refractivity contribution >= 4 is 27.6 Å². The fourth-order valence-corrected chi connectivity index (χ4v) is 2.64. The average molecular weight is 327 g/mol. The molecule has 1 unspecified atom stereocenters. The maximum Gasteiger partial charge on any atom is 0.311 e. The molecule has 4 nitrogen and oxygen atoms in total. The van der Waals surface area contributed by atoms with E-state index in [-0.39, 0.29) is 16.6 Å². The van der Waals surface area contributed by atoms with Crippen molar-refractivity contribution in [3.8, 4) is 6.07 Å². The number of halogens is 2. The minimum absolute atomic E-state index is 0.122. The van der Waals surface area contributed by atoms with E-state index in [0.29, 0.717) is 18.7 Å². The lowest BCUT2D eigenvalue weighted by molar-refractivity contribution is -0.146. The summed E-state index contributed by atoms with van der Waals surface area (Å²) in [6, 6.07) is 4.94. The van der Waals surface area contributed by atoms with E-state index in [1.54, 1.807) is 11.8 Å². The van der Waals surface area contributed by atoms with Gasteiger partial charge in [-0.3, -0.25) is 4.79 Å². The lowest BCUT2D eigenvalue weighted by Crippen LogP contribution is -2.32. The summed E-state index contributed by atoms with van der Waals surface area (Å²) in [6.07, 6.45) is 0.472. The molecular formula is C13H12BrFN2O2. The van der Waals surface area contributed by atoms with Crippen LogP contribution in [0, 0.1) is 22.6 Å². The third-order valence-corrected chi connectivity index (χ3v) is 4.29. The van der Waals surface area contributed by atoms with Gasteiger partial charge in [-0.15, -0.1) is 0 Å². The van der Waals surface area contributed by atoms with E-state index >= 15 is 0 Å². The van der Waals surface area contributed by atoms with E-state index in [9.17, 15) is 14.3 Å². The Bertz CT molecular complexity index is 585. The number of carboxylic acid groups (broad SMARTS) is 1. The molecule has 0 bridgehead atoms. The van der Waals surface area contributed by atoms with E-state index in [1.165, 1.54) is 12.1 Å². The largest absolute Gasteiger partial charge is 0.481 e. The third-order valence-electron chi connectivity index (χ3n) is 3.51. The molecule has 1 aliphatic rings. The summed E-state index contributed by atoms with van der Waals surface area (Å²) < 4.78 is 14.3. The van der Waals surface area contributed by atoms with Crippen LogP contribution in [0.2, 0.25) is 0 Å². The van der Waals surface area contributed by atoms with Gasteiger partial charge in [-0.25, -0.2) is 4.39 Å². The highest BCUT2D eigenvalue weighted by Gasteiger charge is 2.41. The van der Waals surface area contributed by atoms with E-state index < -0.39 is 17.2 Å². The number of nitriles is 1. The molecule has 1 aromatic carbocycles. The van der Waals surface area contributed by atoms with Crippen LogP contribution in [-0.2, 0) is 4.79 Å². The fourth-order valence-electron chi connectivity index (χ4n) is 2.21. The predicted octanol–water partition coefficient (Wildman–Crippen LogP) is 2.76. The van der Waals surface area contributed by atoms with Crippen molar-refractivity contribution in [3.63, 3.8) is 0 Å². The van der Waals surface area contributed by atoms with Crippen LogP contribution < -0.4 is 4.90 Å². The molecule has 1 N–H and O–H groups in total. The van der Waals surface area contributed by atoms with Crippen LogP contribution in [0.3, 0.4) is 0 Å². The zero-order chi connectivity index (χ0) is 14.2. The molecule has 1 saturated heterocycles. The molecule has 1 aromatic rings. The standard InChI is InChI=1S/C13H12BrFN2O2/c1-13(12(18)19)4-5-17(7-13)9-3-2-8(6-16)10(14)11(9)15/h2-3H,4-5,7H2,1H3,(H,18,19). The molecular weight excluding hydrogens is 315 g/mol. The highest BCUT2D eigenvalue weighted by Crippen LogP contribution is 2.36. The molecule has 0 saturated carbocycles. The summed E-state index contributed by atoms with van der Waals surface area (Å²) in [5, 5.41) is 18.0. The Balaban J connectivity index is 2.34. The number of hydrogen-bond donors (Lipinski definition) is 1. The van der Waals surface area contributed by atoms with Gasteiger partial charge in [0.05, 0.1) is 21.1 Å². The van der Waals surface area contributed by atoms with E-state index in [4.69, 9.17) is 5.26 Å². The first-order valence-electron chi connectivity index (χ1n) is 5.75. The van der Waals surface area contributed by atoms with Gasteiger partial charge in [-0.1, -0.05) is 0 Å². The van der Waals surface area contributed by atoms with Crippen molar-refractivity contribution in [2.45, 2.75) is 13.3 Å². The van der Waals surface area contributed by atoms with Gasteiger partial charge in [0, 0.05) is 13.1 Å². The molecule has 6 heteroatoms. The number of anilines is 1. The van der Waals surface area contributed by atoms with Gasteiger partial charge in [0.15, 0.2) is 5.82 Å². The number of benzene rings is 1. The van der Waals surface area contributed by atoms with Crippen LogP contribution in [0.15, 0.2) is 16.6 Å². The van der Waals surface area contributed by atoms with Crippen molar-refractivity contribution in [2.75, 3.05) is 18.0 Å². The normalized spacial score (nSPS) is 22.3. The van der Waals surface area contributed by atoms with Gasteiger partial charge in [0.2, 0.25) is 0 Å². The number of carboxylic acids is 1. The molecule has 0 aromatic heterocycles. The Morgan fingerprint density at radius 2 is 2.32 bits per heavy atom.